The van der Waals surface area contributed by atoms with Crippen molar-refractivity contribution in [1.82, 2.24) is 9.88 Å². The Morgan fingerprint density at radius 2 is 1.94 bits per heavy atom. The second-order valence-corrected chi connectivity index (χ2v) is 11.7. The molecular formula is C30H29ClN2O2. The maximum Gasteiger partial charge on any atom is 0.166 e. The molecule has 3 heterocycles. The third kappa shape index (κ3) is 2.81. The fourth-order valence-electron chi connectivity index (χ4n) is 7.76. The van der Waals surface area contributed by atoms with Gasteiger partial charge in [-0.2, -0.15) is 0 Å². The predicted octanol–water partition coefficient (Wildman–Crippen LogP) is 5.99. The van der Waals surface area contributed by atoms with E-state index < -0.39 is 0 Å². The number of piperidine rings is 1. The molecule has 5 aliphatic rings. The number of benzene rings is 2. The van der Waals surface area contributed by atoms with E-state index in [1.807, 2.05) is 18.3 Å². The number of rotatable bonds is 4. The van der Waals surface area contributed by atoms with Crippen molar-refractivity contribution in [3.8, 4) is 22.6 Å². The number of fused-ring (bicyclic) bond motifs is 2. The molecule has 1 aromatic heterocycles. The van der Waals surface area contributed by atoms with Crippen molar-refractivity contribution in [2.24, 2.45) is 11.8 Å². The Hall–Kier alpha value is -2.56. The highest BCUT2D eigenvalue weighted by molar-refractivity contribution is 6.30. The third-order valence-corrected chi connectivity index (χ3v) is 9.74. The first kappa shape index (κ1) is 20.6. The van der Waals surface area contributed by atoms with Gasteiger partial charge in [-0.05, 0) is 91.4 Å². The summed E-state index contributed by atoms with van der Waals surface area (Å²) in [6, 6.07) is 15.4. The first-order valence-corrected chi connectivity index (χ1v) is 13.4. The monoisotopic (exact) mass is 484 g/mol. The van der Waals surface area contributed by atoms with Gasteiger partial charge in [0.1, 0.15) is 0 Å². The number of hydrogen-bond donors (Lipinski definition) is 0. The lowest BCUT2D eigenvalue weighted by Crippen LogP contribution is -2.63. The number of methoxy groups -OCH3 is 1. The fourth-order valence-corrected chi connectivity index (χ4v) is 7.89. The number of likely N-dealkylation sites (tertiary alicyclic amines) is 1. The molecule has 2 aliphatic heterocycles. The van der Waals surface area contributed by atoms with E-state index in [4.69, 9.17) is 26.1 Å². The lowest BCUT2D eigenvalue weighted by Gasteiger charge is -2.58. The summed E-state index contributed by atoms with van der Waals surface area (Å²) in [5.41, 5.74) is 7.68. The molecule has 0 radical (unpaired) electrons. The Balaban J connectivity index is 1.29. The lowest BCUT2D eigenvalue weighted by atomic mass is 9.51. The maximum absolute atomic E-state index is 6.89. The van der Waals surface area contributed by atoms with Crippen LogP contribution in [0.25, 0.3) is 11.1 Å². The topological polar surface area (TPSA) is 34.6 Å². The molecule has 1 spiro atoms. The molecule has 178 valence electrons. The summed E-state index contributed by atoms with van der Waals surface area (Å²) in [4.78, 5) is 7.93. The van der Waals surface area contributed by atoms with Gasteiger partial charge in [-0.1, -0.05) is 29.8 Å². The quantitative estimate of drug-likeness (QED) is 0.455. The Labute approximate surface area is 211 Å². The zero-order chi connectivity index (χ0) is 23.3. The molecule has 5 heteroatoms. The minimum atomic E-state index is -0.0357. The molecule has 2 fully saturated rings. The average Bonchev–Trinajstić information content (AvgIpc) is 3.63. The largest absolute Gasteiger partial charge is 0.493 e. The molecule has 8 rings (SSSR count). The highest BCUT2D eigenvalue weighted by Crippen LogP contribution is 2.67. The molecule has 4 atom stereocenters. The zero-order valence-corrected chi connectivity index (χ0v) is 20.7. The van der Waals surface area contributed by atoms with Crippen LogP contribution in [0.1, 0.15) is 47.8 Å². The van der Waals surface area contributed by atoms with E-state index in [0.29, 0.717) is 12.0 Å². The molecule has 0 amide bonds. The predicted molar refractivity (Wildman–Crippen MR) is 136 cm³/mol. The highest BCUT2D eigenvalue weighted by Gasteiger charge is 2.65. The second-order valence-electron chi connectivity index (χ2n) is 11.2. The van der Waals surface area contributed by atoms with Gasteiger partial charge in [0.2, 0.25) is 0 Å². The van der Waals surface area contributed by atoms with Gasteiger partial charge in [0.05, 0.1) is 12.8 Å². The normalized spacial score (nSPS) is 29.8. The molecule has 0 N–H and O–H groups in total. The van der Waals surface area contributed by atoms with Crippen LogP contribution in [0.4, 0.5) is 0 Å². The molecule has 35 heavy (non-hydrogen) atoms. The summed E-state index contributed by atoms with van der Waals surface area (Å²) in [5.74, 6) is 3.28. The summed E-state index contributed by atoms with van der Waals surface area (Å²) < 4.78 is 12.7. The van der Waals surface area contributed by atoms with Gasteiger partial charge >= 0.3 is 0 Å². The number of hydrogen-bond acceptors (Lipinski definition) is 4. The van der Waals surface area contributed by atoms with E-state index >= 15 is 0 Å². The van der Waals surface area contributed by atoms with Crippen molar-refractivity contribution in [2.75, 3.05) is 20.2 Å². The lowest BCUT2D eigenvalue weighted by molar-refractivity contribution is -0.0378. The molecule has 4 nitrogen and oxygen atoms in total. The SMILES string of the molecule is COc1ccc2c3c1O[C@H]1c4ncc(-c5ccc(Cl)cc5)cc4C[C@H]4C(C2)N(CC2CC2)CC[C@]314. The van der Waals surface area contributed by atoms with Gasteiger partial charge in [0, 0.05) is 40.3 Å². The van der Waals surface area contributed by atoms with Crippen LogP contribution >= 0.6 is 11.6 Å². The minimum absolute atomic E-state index is 0.00393. The Morgan fingerprint density at radius 3 is 2.74 bits per heavy atom. The number of nitrogens with zero attached hydrogens (tertiary/aromatic N) is 2. The van der Waals surface area contributed by atoms with Crippen LogP contribution in [0.15, 0.2) is 48.7 Å². The molecule has 2 aromatic carbocycles. The van der Waals surface area contributed by atoms with Gasteiger partial charge in [0.25, 0.3) is 0 Å². The fraction of sp³-hybridized carbons (Fsp3) is 0.433. The van der Waals surface area contributed by atoms with E-state index in [-0.39, 0.29) is 11.5 Å². The summed E-state index contributed by atoms with van der Waals surface area (Å²) in [6.07, 6.45) is 8.10. The van der Waals surface area contributed by atoms with E-state index in [9.17, 15) is 0 Å². The van der Waals surface area contributed by atoms with Gasteiger partial charge in [-0.15, -0.1) is 0 Å². The van der Waals surface area contributed by atoms with E-state index in [1.54, 1.807) is 7.11 Å². The average molecular weight is 485 g/mol. The number of pyridine rings is 1. The van der Waals surface area contributed by atoms with Crippen molar-refractivity contribution in [2.45, 2.75) is 49.7 Å². The molecule has 1 saturated carbocycles. The molecule has 1 saturated heterocycles. The molecule has 1 unspecified atom stereocenters. The van der Waals surface area contributed by atoms with Crippen molar-refractivity contribution in [1.29, 1.82) is 0 Å². The molecular weight excluding hydrogens is 456 g/mol. The standard InChI is InChI=1S/C30H29ClN2O2/c1-34-25-9-6-19-14-24-23-13-20-12-21(18-4-7-22(31)8-5-18)15-32-27(20)29-30(23,26(19)28(25)35-29)10-11-33(24)16-17-2-3-17/h4-9,12,15,17,23-24,29H,2-3,10-11,13-14,16H2,1H3/t23-,24?,29-,30-/m0/s1. The smallest absolute Gasteiger partial charge is 0.166 e. The van der Waals surface area contributed by atoms with Crippen molar-refractivity contribution < 1.29 is 9.47 Å². The van der Waals surface area contributed by atoms with Gasteiger partial charge in [0.15, 0.2) is 17.6 Å². The van der Waals surface area contributed by atoms with Crippen LogP contribution in [0, 0.1) is 11.8 Å². The van der Waals surface area contributed by atoms with E-state index in [2.05, 4.69) is 35.2 Å². The number of aromatic nitrogens is 1. The third-order valence-electron chi connectivity index (χ3n) is 9.49. The van der Waals surface area contributed by atoms with Gasteiger partial charge in [-0.25, -0.2) is 0 Å². The zero-order valence-electron chi connectivity index (χ0n) is 20.0. The molecule has 2 bridgehead atoms. The van der Waals surface area contributed by atoms with Crippen LogP contribution in [0.2, 0.25) is 5.02 Å². The van der Waals surface area contributed by atoms with E-state index in [1.165, 1.54) is 36.1 Å². The summed E-state index contributed by atoms with van der Waals surface area (Å²) in [6.45, 7) is 2.42. The van der Waals surface area contributed by atoms with Crippen molar-refractivity contribution in [3.05, 3.63) is 76.1 Å². The maximum atomic E-state index is 6.89. The Bertz CT molecular complexity index is 1350. The first-order chi connectivity index (χ1) is 17.2. The summed E-state index contributed by atoms with van der Waals surface area (Å²) >= 11 is 6.15. The van der Waals surface area contributed by atoms with Crippen LogP contribution < -0.4 is 9.47 Å². The van der Waals surface area contributed by atoms with Gasteiger partial charge < -0.3 is 9.47 Å². The van der Waals surface area contributed by atoms with Crippen LogP contribution in [-0.4, -0.2) is 36.1 Å². The number of ether oxygens (including phenoxy) is 2. The van der Waals surface area contributed by atoms with Crippen LogP contribution in [-0.2, 0) is 18.3 Å². The Kier molecular flexibility index (Phi) is 4.26. The molecule has 3 aliphatic carbocycles. The highest BCUT2D eigenvalue weighted by atomic mass is 35.5. The minimum Gasteiger partial charge on any atom is -0.493 e. The Morgan fingerprint density at radius 1 is 1.09 bits per heavy atom. The summed E-state index contributed by atoms with van der Waals surface area (Å²) in [7, 11) is 1.76. The second kappa shape index (κ2) is 7.24. The van der Waals surface area contributed by atoms with E-state index in [0.717, 1.165) is 65.1 Å². The van der Waals surface area contributed by atoms with Crippen molar-refractivity contribution in [3.63, 3.8) is 0 Å². The first-order valence-electron chi connectivity index (χ1n) is 13.0. The van der Waals surface area contributed by atoms with Crippen LogP contribution in [0.5, 0.6) is 11.5 Å². The van der Waals surface area contributed by atoms with Crippen molar-refractivity contribution >= 4 is 11.6 Å². The number of halogens is 1. The van der Waals surface area contributed by atoms with Gasteiger partial charge in [-0.3, -0.25) is 9.88 Å². The molecule has 3 aromatic rings. The summed E-state index contributed by atoms with van der Waals surface area (Å²) in [5, 5.41) is 0.759. The van der Waals surface area contributed by atoms with Crippen LogP contribution in [0.3, 0.4) is 0 Å².